The minimum Gasteiger partial charge on any atom is -0.343 e. The summed E-state index contributed by atoms with van der Waals surface area (Å²) < 4.78 is 40.8. The summed E-state index contributed by atoms with van der Waals surface area (Å²) in [7, 11) is 1.75. The number of amides is 1. The second-order valence-corrected chi connectivity index (χ2v) is 9.11. The van der Waals surface area contributed by atoms with Crippen LogP contribution in [-0.2, 0) is 11.0 Å². The Morgan fingerprint density at radius 1 is 1.03 bits per heavy atom. The van der Waals surface area contributed by atoms with Crippen molar-refractivity contribution in [1.29, 1.82) is 0 Å². The molecule has 0 unspecified atom stereocenters. The van der Waals surface area contributed by atoms with E-state index in [1.54, 1.807) is 50.9 Å². The molecule has 0 aliphatic carbocycles. The van der Waals surface area contributed by atoms with Crippen LogP contribution in [0.15, 0.2) is 47.5 Å². The molecule has 1 aliphatic rings. The van der Waals surface area contributed by atoms with E-state index in [-0.39, 0.29) is 5.91 Å². The van der Waals surface area contributed by atoms with Crippen LogP contribution in [0.1, 0.15) is 30.7 Å². The molecule has 0 saturated heterocycles. The van der Waals surface area contributed by atoms with Crippen molar-refractivity contribution in [3.05, 3.63) is 69.3 Å². The zero-order valence-electron chi connectivity index (χ0n) is 18.1. The number of rotatable bonds is 3. The molecule has 3 aromatic rings. The Bertz CT molecular complexity index is 1290. The van der Waals surface area contributed by atoms with Crippen LogP contribution in [0, 0.1) is 6.92 Å². The predicted octanol–water partition coefficient (Wildman–Crippen LogP) is 6.17. The summed E-state index contributed by atoms with van der Waals surface area (Å²) in [5.41, 5.74) is 0.962. The number of hydrogen-bond donors (Lipinski definition) is 0. The lowest BCUT2D eigenvalue weighted by molar-refractivity contribution is -0.137. The van der Waals surface area contributed by atoms with E-state index in [1.165, 1.54) is 16.8 Å². The van der Waals surface area contributed by atoms with Crippen molar-refractivity contribution < 1.29 is 18.0 Å². The highest BCUT2D eigenvalue weighted by atomic mass is 35.5. The van der Waals surface area contributed by atoms with Crippen LogP contribution in [0.5, 0.6) is 0 Å². The fourth-order valence-corrected chi connectivity index (χ4v) is 4.11. The molecule has 0 saturated carbocycles. The lowest BCUT2D eigenvalue weighted by atomic mass is 10.0. The van der Waals surface area contributed by atoms with Crippen LogP contribution in [0.25, 0.3) is 16.9 Å². The number of carbonyl (C=O) groups excluding carboxylic acids is 1. The van der Waals surface area contributed by atoms with Crippen LogP contribution in [0.3, 0.4) is 0 Å². The van der Waals surface area contributed by atoms with Crippen LogP contribution in [0.4, 0.5) is 13.2 Å². The van der Waals surface area contributed by atoms with E-state index < -0.39 is 17.3 Å². The van der Waals surface area contributed by atoms with Gasteiger partial charge in [0.1, 0.15) is 11.2 Å². The standard InChI is InChI=1S/C23H19Cl2F3N4O/c1-12-18(20-29-21(33)22(2,3)31(20)4)30-32(17-10-9-15(24)11-16(17)25)19(12)13-5-7-14(8-6-13)23(26,27)28/h5-11H,1-4H3. The van der Waals surface area contributed by atoms with Gasteiger partial charge in [-0.15, -0.1) is 0 Å². The number of halogens is 5. The summed E-state index contributed by atoms with van der Waals surface area (Å²) in [5.74, 6) is 0.0639. The fourth-order valence-electron chi connectivity index (χ4n) is 3.62. The van der Waals surface area contributed by atoms with Crippen LogP contribution in [-0.4, -0.2) is 39.0 Å². The van der Waals surface area contributed by atoms with Crippen molar-refractivity contribution in [3.8, 4) is 16.9 Å². The Morgan fingerprint density at radius 2 is 1.67 bits per heavy atom. The fraction of sp³-hybridized carbons (Fsp3) is 0.261. The molecule has 1 aromatic heterocycles. The van der Waals surface area contributed by atoms with Crippen molar-refractivity contribution >= 4 is 34.9 Å². The third kappa shape index (κ3) is 3.91. The molecule has 2 heterocycles. The van der Waals surface area contributed by atoms with E-state index in [0.717, 1.165) is 12.1 Å². The number of carbonyl (C=O) groups is 1. The normalized spacial score (nSPS) is 15.8. The molecule has 33 heavy (non-hydrogen) atoms. The maximum Gasteiger partial charge on any atom is 0.416 e. The van der Waals surface area contributed by atoms with Crippen LogP contribution < -0.4 is 0 Å². The molecule has 0 fully saturated rings. The van der Waals surface area contributed by atoms with Gasteiger partial charge in [-0.3, -0.25) is 4.79 Å². The van der Waals surface area contributed by atoms with Crippen molar-refractivity contribution in [2.45, 2.75) is 32.5 Å². The van der Waals surface area contributed by atoms with Gasteiger partial charge in [-0.2, -0.15) is 23.3 Å². The maximum absolute atomic E-state index is 13.1. The monoisotopic (exact) mass is 494 g/mol. The molecule has 0 radical (unpaired) electrons. The second-order valence-electron chi connectivity index (χ2n) is 8.26. The van der Waals surface area contributed by atoms with Gasteiger partial charge in [0.05, 0.1) is 22.0 Å². The second kappa shape index (κ2) is 7.88. The largest absolute Gasteiger partial charge is 0.416 e. The summed E-state index contributed by atoms with van der Waals surface area (Å²) in [6.07, 6.45) is -4.45. The number of aliphatic imine (C=N–C) groups is 1. The molecule has 5 nitrogen and oxygen atoms in total. The lowest BCUT2D eigenvalue weighted by Gasteiger charge is -2.27. The Hall–Kier alpha value is -2.84. The lowest BCUT2D eigenvalue weighted by Crippen LogP contribution is -2.44. The Morgan fingerprint density at radius 3 is 2.18 bits per heavy atom. The predicted molar refractivity (Wildman–Crippen MR) is 122 cm³/mol. The highest BCUT2D eigenvalue weighted by molar-refractivity contribution is 6.35. The number of alkyl halides is 3. The van der Waals surface area contributed by atoms with Crippen LogP contribution >= 0.6 is 23.2 Å². The minimum absolute atomic E-state index is 0.308. The number of amidine groups is 1. The number of likely N-dealkylation sites (N-methyl/N-ethyl adjacent to an activating group) is 1. The molecule has 172 valence electrons. The van der Waals surface area contributed by atoms with Gasteiger partial charge < -0.3 is 4.90 Å². The molecule has 0 N–H and O–H groups in total. The molecule has 1 amide bonds. The number of aromatic nitrogens is 2. The molecule has 1 aliphatic heterocycles. The van der Waals surface area contributed by atoms with Gasteiger partial charge in [-0.1, -0.05) is 35.3 Å². The summed E-state index contributed by atoms with van der Waals surface area (Å²) in [6, 6.07) is 9.66. The van der Waals surface area contributed by atoms with Gasteiger partial charge in [0.25, 0.3) is 5.91 Å². The van der Waals surface area contributed by atoms with Gasteiger partial charge in [0.15, 0.2) is 5.84 Å². The Balaban J connectivity index is 1.95. The van der Waals surface area contributed by atoms with Crippen molar-refractivity contribution in [2.75, 3.05) is 7.05 Å². The maximum atomic E-state index is 13.1. The minimum atomic E-state index is -4.45. The zero-order valence-corrected chi connectivity index (χ0v) is 19.6. The molecule has 4 rings (SSSR count). The average molecular weight is 495 g/mol. The average Bonchev–Trinajstić information content (AvgIpc) is 3.16. The van der Waals surface area contributed by atoms with Crippen LogP contribution in [0.2, 0.25) is 10.0 Å². The smallest absolute Gasteiger partial charge is 0.343 e. The van der Waals surface area contributed by atoms with E-state index in [2.05, 4.69) is 4.99 Å². The molecular formula is C23H19Cl2F3N4O. The van der Waals surface area contributed by atoms with Gasteiger partial charge in [-0.05, 0) is 51.1 Å². The highest BCUT2D eigenvalue weighted by Crippen LogP contribution is 2.36. The quantitative estimate of drug-likeness (QED) is 0.437. The SMILES string of the molecule is Cc1c(C2=NC(=O)C(C)(C)N2C)nn(-c2ccc(Cl)cc2Cl)c1-c1ccc(C(F)(F)F)cc1. The number of nitrogens with zero attached hydrogens (tertiary/aromatic N) is 4. The van der Waals surface area contributed by atoms with Crippen molar-refractivity contribution in [2.24, 2.45) is 4.99 Å². The first kappa shape index (κ1) is 23.3. The third-order valence-corrected chi connectivity index (χ3v) is 6.38. The Kier molecular flexibility index (Phi) is 5.57. The van der Waals surface area contributed by atoms with E-state index in [4.69, 9.17) is 28.3 Å². The third-order valence-electron chi connectivity index (χ3n) is 5.84. The molecular weight excluding hydrogens is 476 g/mol. The summed E-state index contributed by atoms with van der Waals surface area (Å²) >= 11 is 12.5. The number of hydrogen-bond acceptors (Lipinski definition) is 3. The van der Waals surface area contributed by atoms with E-state index in [9.17, 15) is 18.0 Å². The first-order valence-corrected chi connectivity index (χ1v) is 10.7. The first-order valence-electron chi connectivity index (χ1n) is 9.92. The van der Waals surface area contributed by atoms with E-state index in [1.807, 2.05) is 0 Å². The molecule has 10 heteroatoms. The first-order chi connectivity index (χ1) is 15.3. The zero-order chi connectivity index (χ0) is 24.3. The molecule has 0 atom stereocenters. The molecule has 2 aromatic carbocycles. The molecule has 0 spiro atoms. The summed E-state index contributed by atoms with van der Waals surface area (Å²) in [4.78, 5) is 18.4. The Labute approximate surface area is 198 Å². The number of benzene rings is 2. The van der Waals surface area contributed by atoms with Crippen molar-refractivity contribution in [3.63, 3.8) is 0 Å². The highest BCUT2D eigenvalue weighted by Gasteiger charge is 2.42. The van der Waals surface area contributed by atoms with Gasteiger partial charge >= 0.3 is 6.18 Å². The topological polar surface area (TPSA) is 50.5 Å². The van der Waals surface area contributed by atoms with E-state index in [0.29, 0.717) is 44.1 Å². The summed E-state index contributed by atoms with van der Waals surface area (Å²) in [5, 5.41) is 5.43. The van der Waals surface area contributed by atoms with Crippen molar-refractivity contribution in [1.82, 2.24) is 14.7 Å². The molecule has 0 bridgehead atoms. The van der Waals surface area contributed by atoms with Gasteiger partial charge in [0.2, 0.25) is 0 Å². The summed E-state index contributed by atoms with van der Waals surface area (Å²) in [6.45, 7) is 5.29. The van der Waals surface area contributed by atoms with Gasteiger partial charge in [0, 0.05) is 23.2 Å². The van der Waals surface area contributed by atoms with Gasteiger partial charge in [-0.25, -0.2) is 4.68 Å². The van der Waals surface area contributed by atoms with E-state index >= 15 is 0 Å².